The average molecular weight is 424 g/mol. The molecule has 150 valence electrons. The number of fused-ring (bicyclic) bond motifs is 1. The van der Waals surface area contributed by atoms with Crippen LogP contribution in [0.25, 0.3) is 10.8 Å². The Bertz CT molecular complexity index is 1290. The van der Waals surface area contributed by atoms with E-state index in [-0.39, 0.29) is 5.02 Å². The summed E-state index contributed by atoms with van der Waals surface area (Å²) in [7, 11) is 0. The minimum absolute atomic E-state index is 0.0401. The second-order valence-corrected chi connectivity index (χ2v) is 6.91. The maximum atomic E-state index is 13.7. The predicted molar refractivity (Wildman–Crippen MR) is 113 cm³/mol. The second kappa shape index (κ2) is 8.30. The van der Waals surface area contributed by atoms with E-state index in [1.165, 1.54) is 18.3 Å². The molecule has 0 unspecified atom stereocenters. The summed E-state index contributed by atoms with van der Waals surface area (Å²) in [4.78, 5) is 28.4. The van der Waals surface area contributed by atoms with Crippen LogP contribution in [-0.2, 0) is 6.42 Å². The van der Waals surface area contributed by atoms with E-state index in [1.54, 1.807) is 42.6 Å². The van der Waals surface area contributed by atoms with E-state index in [0.29, 0.717) is 39.8 Å². The Kier molecular flexibility index (Phi) is 5.40. The molecule has 4 rings (SSSR count). The smallest absolute Gasteiger partial charge is 0.308 e. The quantitative estimate of drug-likeness (QED) is 0.454. The van der Waals surface area contributed by atoms with Crippen molar-refractivity contribution in [3.63, 3.8) is 0 Å². The van der Waals surface area contributed by atoms with E-state index in [1.807, 2.05) is 0 Å². The van der Waals surface area contributed by atoms with Crippen LogP contribution >= 0.6 is 11.6 Å². The normalized spacial score (nSPS) is 10.7. The first-order chi connectivity index (χ1) is 14.5. The molecule has 0 atom stereocenters. The lowest BCUT2D eigenvalue weighted by atomic mass is 10.0. The van der Waals surface area contributed by atoms with Gasteiger partial charge in [0.2, 0.25) is 0 Å². The van der Waals surface area contributed by atoms with E-state index >= 15 is 0 Å². The maximum Gasteiger partial charge on any atom is 0.323 e. The number of anilines is 2. The molecule has 30 heavy (non-hydrogen) atoms. The lowest BCUT2D eigenvalue weighted by Gasteiger charge is -2.10. The third-order valence-electron chi connectivity index (χ3n) is 4.40. The number of aromatic nitrogens is 3. The van der Waals surface area contributed by atoms with E-state index in [2.05, 4.69) is 25.8 Å². The molecule has 0 aliphatic rings. The van der Waals surface area contributed by atoms with E-state index in [0.717, 1.165) is 0 Å². The number of hydrogen-bond donors (Lipinski definition) is 3. The van der Waals surface area contributed by atoms with Gasteiger partial charge in [-0.05, 0) is 42.0 Å². The number of nitrogens with one attached hydrogen (secondary N) is 3. The van der Waals surface area contributed by atoms with Crippen molar-refractivity contribution in [1.29, 1.82) is 0 Å². The fourth-order valence-corrected chi connectivity index (χ4v) is 3.13. The molecule has 0 radical (unpaired) electrons. The van der Waals surface area contributed by atoms with Crippen LogP contribution in [0, 0.1) is 5.82 Å². The summed E-state index contributed by atoms with van der Waals surface area (Å²) in [6, 6.07) is 12.4. The predicted octanol–water partition coefficient (Wildman–Crippen LogP) is 4.35. The molecule has 0 fully saturated rings. The van der Waals surface area contributed by atoms with Gasteiger partial charge in [0, 0.05) is 23.7 Å². The summed E-state index contributed by atoms with van der Waals surface area (Å²) in [6.07, 6.45) is 3.42. The Morgan fingerprint density at radius 3 is 2.67 bits per heavy atom. The molecule has 7 nitrogen and oxygen atoms in total. The highest BCUT2D eigenvalue weighted by molar-refractivity contribution is 6.30. The largest absolute Gasteiger partial charge is 0.323 e. The van der Waals surface area contributed by atoms with Gasteiger partial charge < -0.3 is 10.6 Å². The highest BCUT2D eigenvalue weighted by atomic mass is 35.5. The van der Waals surface area contributed by atoms with Gasteiger partial charge in [-0.3, -0.25) is 9.78 Å². The number of urea groups is 1. The molecule has 2 heterocycles. The van der Waals surface area contributed by atoms with E-state index in [9.17, 15) is 14.0 Å². The summed E-state index contributed by atoms with van der Waals surface area (Å²) < 4.78 is 13.7. The van der Waals surface area contributed by atoms with Gasteiger partial charge in [-0.15, -0.1) is 0 Å². The molecule has 0 saturated carbocycles. The van der Waals surface area contributed by atoms with Crippen molar-refractivity contribution in [2.45, 2.75) is 6.42 Å². The molecule has 0 spiro atoms. The van der Waals surface area contributed by atoms with Crippen molar-refractivity contribution in [1.82, 2.24) is 15.2 Å². The summed E-state index contributed by atoms with van der Waals surface area (Å²) in [5, 5.41) is 12.9. The summed E-state index contributed by atoms with van der Waals surface area (Å²) in [6.45, 7) is 0. The Balaban J connectivity index is 1.59. The van der Waals surface area contributed by atoms with Gasteiger partial charge in [0.15, 0.2) is 0 Å². The number of hydrogen-bond acceptors (Lipinski definition) is 4. The van der Waals surface area contributed by atoms with Crippen molar-refractivity contribution in [3.8, 4) is 0 Å². The van der Waals surface area contributed by atoms with Crippen LogP contribution in [0.3, 0.4) is 0 Å². The lowest BCUT2D eigenvalue weighted by Crippen LogP contribution is -2.20. The molecular formula is C21H15ClFN5O2. The van der Waals surface area contributed by atoms with Gasteiger partial charge in [0.25, 0.3) is 5.56 Å². The number of pyridine rings is 1. The van der Waals surface area contributed by atoms with Crippen LogP contribution in [-0.4, -0.2) is 21.2 Å². The molecule has 0 bridgehead atoms. The van der Waals surface area contributed by atoms with Gasteiger partial charge in [-0.25, -0.2) is 14.3 Å². The number of rotatable bonds is 4. The zero-order valence-corrected chi connectivity index (χ0v) is 16.2. The minimum Gasteiger partial charge on any atom is -0.308 e. The molecule has 3 N–H and O–H groups in total. The number of carbonyl (C=O) groups excluding carboxylic acids is 1. The number of benzene rings is 2. The average Bonchev–Trinajstić information content (AvgIpc) is 2.73. The number of halogens is 2. The first-order valence-electron chi connectivity index (χ1n) is 8.93. The number of amides is 2. The number of nitrogens with zero attached hydrogens (tertiary/aromatic N) is 2. The maximum absolute atomic E-state index is 13.7. The Morgan fingerprint density at radius 1 is 1.07 bits per heavy atom. The van der Waals surface area contributed by atoms with Crippen LogP contribution in [0.4, 0.5) is 20.6 Å². The molecule has 0 saturated heterocycles. The van der Waals surface area contributed by atoms with Crippen molar-refractivity contribution in [3.05, 3.63) is 93.4 Å². The van der Waals surface area contributed by atoms with Crippen LogP contribution in [0.15, 0.2) is 65.7 Å². The zero-order chi connectivity index (χ0) is 21.1. The molecular weight excluding hydrogens is 409 g/mol. The van der Waals surface area contributed by atoms with Crippen LogP contribution in [0.1, 0.15) is 11.3 Å². The summed E-state index contributed by atoms with van der Waals surface area (Å²) in [5.74, 6) is -0.519. The topological polar surface area (TPSA) is 99.8 Å². The first-order valence-corrected chi connectivity index (χ1v) is 9.30. The summed E-state index contributed by atoms with van der Waals surface area (Å²) >= 11 is 5.73. The molecule has 2 aromatic carbocycles. The van der Waals surface area contributed by atoms with Gasteiger partial charge in [0.1, 0.15) is 5.82 Å². The van der Waals surface area contributed by atoms with Crippen molar-refractivity contribution < 1.29 is 9.18 Å². The third-order valence-corrected chi connectivity index (χ3v) is 4.71. The standard InChI is InChI=1S/C21H15ClFN5O2/c22-17-6-3-12(8-18(17)23)9-19-15-5-4-13(10-16(15)20(29)28-27-19)25-21(30)26-14-2-1-7-24-11-14/h1-8,10-11H,9H2,(H,28,29)(H2,25,26,30). The molecule has 2 amide bonds. The van der Waals surface area contributed by atoms with Crippen LogP contribution in [0.5, 0.6) is 0 Å². The monoisotopic (exact) mass is 423 g/mol. The van der Waals surface area contributed by atoms with Crippen molar-refractivity contribution in [2.75, 3.05) is 10.6 Å². The minimum atomic E-state index is -0.519. The van der Waals surface area contributed by atoms with Crippen molar-refractivity contribution >= 4 is 39.8 Å². The second-order valence-electron chi connectivity index (χ2n) is 6.51. The van der Waals surface area contributed by atoms with Gasteiger partial charge >= 0.3 is 6.03 Å². The molecule has 2 aromatic heterocycles. The van der Waals surface area contributed by atoms with Gasteiger partial charge in [-0.1, -0.05) is 23.7 Å². The van der Waals surface area contributed by atoms with Crippen LogP contribution < -0.4 is 16.2 Å². The summed E-state index contributed by atoms with van der Waals surface area (Å²) in [5.41, 5.74) is 1.81. The van der Waals surface area contributed by atoms with E-state index in [4.69, 9.17) is 11.6 Å². The third kappa shape index (κ3) is 4.28. The van der Waals surface area contributed by atoms with Gasteiger partial charge in [0.05, 0.1) is 28.0 Å². The number of carbonyl (C=O) groups is 1. The number of H-pyrrole nitrogens is 1. The molecule has 0 aliphatic heterocycles. The lowest BCUT2D eigenvalue weighted by molar-refractivity contribution is 0.262. The van der Waals surface area contributed by atoms with Crippen molar-refractivity contribution in [2.24, 2.45) is 0 Å². The van der Waals surface area contributed by atoms with Crippen LogP contribution in [0.2, 0.25) is 5.02 Å². The fraction of sp³-hybridized carbons (Fsp3) is 0.0476. The molecule has 4 aromatic rings. The van der Waals surface area contributed by atoms with Gasteiger partial charge in [-0.2, -0.15) is 5.10 Å². The molecule has 9 heteroatoms. The fourth-order valence-electron chi connectivity index (χ4n) is 3.01. The molecule has 0 aliphatic carbocycles. The highest BCUT2D eigenvalue weighted by Gasteiger charge is 2.11. The Morgan fingerprint density at radius 2 is 1.90 bits per heavy atom. The Labute approximate surface area is 174 Å². The first kappa shape index (κ1) is 19.5. The SMILES string of the molecule is O=C(Nc1cccnc1)Nc1ccc2c(Cc3ccc(Cl)c(F)c3)n[nH]c(=O)c2c1. The Hall–Kier alpha value is -3.78. The number of aromatic amines is 1. The zero-order valence-electron chi connectivity index (χ0n) is 15.4. The highest BCUT2D eigenvalue weighted by Crippen LogP contribution is 2.22. The van der Waals surface area contributed by atoms with E-state index < -0.39 is 17.4 Å².